The molecule has 0 aliphatic heterocycles. The molecule has 0 aliphatic rings. The summed E-state index contributed by atoms with van der Waals surface area (Å²) < 4.78 is 0. The van der Waals surface area contributed by atoms with Gasteiger partial charge >= 0.3 is 0 Å². The van der Waals surface area contributed by atoms with E-state index in [0.29, 0.717) is 18.0 Å². The number of hydrogen-bond donors (Lipinski definition) is 3. The Morgan fingerprint density at radius 3 is 2.77 bits per heavy atom. The van der Waals surface area contributed by atoms with Crippen molar-refractivity contribution in [2.75, 3.05) is 6.54 Å². The molecule has 1 heterocycles. The van der Waals surface area contributed by atoms with E-state index in [4.69, 9.17) is 5.73 Å². The molecule has 4 N–H and O–H groups in total. The van der Waals surface area contributed by atoms with E-state index >= 15 is 0 Å². The molecular weight excluding hydrogens is 188 g/mol. The third-order valence-corrected chi connectivity index (χ3v) is 2.70. The Morgan fingerprint density at radius 2 is 2.31 bits per heavy atom. The fourth-order valence-corrected chi connectivity index (χ4v) is 1.82. The lowest BCUT2D eigenvalue weighted by Crippen LogP contribution is -2.21. The van der Waals surface area contributed by atoms with E-state index in [9.17, 15) is 10.2 Å². The van der Waals surface area contributed by atoms with Gasteiger partial charge in [-0.1, -0.05) is 0 Å². The van der Waals surface area contributed by atoms with Gasteiger partial charge in [-0.2, -0.15) is 0 Å². The number of nitrogens with two attached hydrogens (primary N) is 1. The topological polar surface area (TPSA) is 79.4 Å². The number of hydrogen-bond acceptors (Lipinski definition) is 5. The van der Waals surface area contributed by atoms with Crippen molar-refractivity contribution in [1.29, 1.82) is 0 Å². The average Bonchev–Trinajstić information content (AvgIpc) is 2.51. The van der Waals surface area contributed by atoms with Gasteiger partial charge in [-0.15, -0.1) is 11.3 Å². The van der Waals surface area contributed by atoms with Crippen molar-refractivity contribution in [2.45, 2.75) is 25.6 Å². The fraction of sp³-hybridized carbons (Fsp3) is 0.625. The molecule has 0 aliphatic carbocycles. The predicted molar refractivity (Wildman–Crippen MR) is 51.5 cm³/mol. The molecule has 0 aromatic carbocycles. The first-order valence-electron chi connectivity index (χ1n) is 4.13. The van der Waals surface area contributed by atoms with Gasteiger partial charge in [0.05, 0.1) is 6.10 Å². The maximum absolute atomic E-state index is 9.58. The Kier molecular flexibility index (Phi) is 3.80. The van der Waals surface area contributed by atoms with Crippen molar-refractivity contribution in [3.63, 3.8) is 0 Å². The highest BCUT2D eigenvalue weighted by molar-refractivity contribution is 7.11. The van der Waals surface area contributed by atoms with Crippen LogP contribution in [-0.4, -0.2) is 27.8 Å². The number of aliphatic hydroxyl groups is 2. The fourth-order valence-electron chi connectivity index (χ4n) is 1.00. The normalized spacial score (nSPS) is 15.7. The van der Waals surface area contributed by atoms with Crippen LogP contribution in [-0.2, 0) is 0 Å². The third kappa shape index (κ3) is 2.73. The van der Waals surface area contributed by atoms with Crippen molar-refractivity contribution in [3.8, 4) is 0 Å². The lowest BCUT2D eigenvalue weighted by Gasteiger charge is -2.13. The second-order valence-electron chi connectivity index (χ2n) is 2.90. The predicted octanol–water partition coefficient (Wildman–Crippen LogP) is 0.195. The molecule has 1 aromatic rings. The van der Waals surface area contributed by atoms with Crippen molar-refractivity contribution >= 4 is 11.3 Å². The summed E-state index contributed by atoms with van der Waals surface area (Å²) in [6.45, 7) is 2.27. The number of rotatable bonds is 4. The van der Waals surface area contributed by atoms with Crippen molar-refractivity contribution in [2.24, 2.45) is 5.73 Å². The van der Waals surface area contributed by atoms with Crippen LogP contribution in [0.3, 0.4) is 0 Å². The summed E-state index contributed by atoms with van der Waals surface area (Å²) in [7, 11) is 0. The maximum Gasteiger partial charge on any atom is 0.131 e. The summed E-state index contributed by atoms with van der Waals surface area (Å²) >= 11 is 1.39. The maximum atomic E-state index is 9.58. The van der Waals surface area contributed by atoms with E-state index in [0.717, 1.165) is 4.88 Å². The SMILES string of the molecule is Cc1cnc(C(O)C(O)CCN)s1. The summed E-state index contributed by atoms with van der Waals surface area (Å²) in [4.78, 5) is 5.01. The highest BCUT2D eigenvalue weighted by Crippen LogP contribution is 2.23. The molecule has 1 aromatic heterocycles. The summed E-state index contributed by atoms with van der Waals surface area (Å²) in [5, 5.41) is 19.5. The molecule has 0 spiro atoms. The van der Waals surface area contributed by atoms with Gasteiger partial charge in [0.15, 0.2) is 0 Å². The molecular formula is C8H14N2O2S. The van der Waals surface area contributed by atoms with Crippen LogP contribution in [0.1, 0.15) is 22.4 Å². The minimum absolute atomic E-state index is 0.364. The first-order valence-corrected chi connectivity index (χ1v) is 4.95. The van der Waals surface area contributed by atoms with Gasteiger partial charge in [-0.25, -0.2) is 4.98 Å². The highest BCUT2D eigenvalue weighted by atomic mass is 32.1. The lowest BCUT2D eigenvalue weighted by molar-refractivity contribution is 0.0149. The summed E-state index contributed by atoms with van der Waals surface area (Å²) in [6.07, 6.45) is 0.357. The van der Waals surface area contributed by atoms with Gasteiger partial charge in [0.2, 0.25) is 0 Å². The van der Waals surface area contributed by atoms with Crippen molar-refractivity contribution < 1.29 is 10.2 Å². The Hall–Kier alpha value is -0.490. The molecule has 2 unspecified atom stereocenters. The molecule has 2 atom stereocenters. The van der Waals surface area contributed by atoms with Crippen LogP contribution in [0.4, 0.5) is 0 Å². The molecule has 13 heavy (non-hydrogen) atoms. The molecule has 0 saturated heterocycles. The molecule has 1 rings (SSSR count). The van der Waals surface area contributed by atoms with Gasteiger partial charge in [-0.05, 0) is 19.9 Å². The number of aryl methyl sites for hydroxylation is 1. The number of aliphatic hydroxyl groups excluding tert-OH is 2. The van der Waals surface area contributed by atoms with Gasteiger partial charge in [0.1, 0.15) is 11.1 Å². The minimum atomic E-state index is -0.901. The van der Waals surface area contributed by atoms with Crippen molar-refractivity contribution in [3.05, 3.63) is 16.1 Å². The largest absolute Gasteiger partial charge is 0.390 e. The zero-order valence-corrected chi connectivity index (χ0v) is 8.29. The highest BCUT2D eigenvalue weighted by Gasteiger charge is 2.20. The number of aromatic nitrogens is 1. The van der Waals surface area contributed by atoms with Gasteiger partial charge < -0.3 is 15.9 Å². The van der Waals surface area contributed by atoms with Gasteiger partial charge in [0.25, 0.3) is 0 Å². The van der Waals surface area contributed by atoms with Gasteiger partial charge in [-0.3, -0.25) is 0 Å². The van der Waals surface area contributed by atoms with E-state index in [1.54, 1.807) is 6.20 Å². The molecule has 0 saturated carbocycles. The second-order valence-corrected chi connectivity index (χ2v) is 4.17. The monoisotopic (exact) mass is 202 g/mol. The van der Waals surface area contributed by atoms with E-state index in [1.807, 2.05) is 6.92 Å². The van der Waals surface area contributed by atoms with Crippen LogP contribution >= 0.6 is 11.3 Å². The number of thiazole rings is 1. The third-order valence-electron chi connectivity index (χ3n) is 1.72. The Morgan fingerprint density at radius 1 is 1.62 bits per heavy atom. The lowest BCUT2D eigenvalue weighted by atomic mass is 10.1. The van der Waals surface area contributed by atoms with Crippen LogP contribution in [0.15, 0.2) is 6.20 Å². The molecule has 4 nitrogen and oxygen atoms in total. The van der Waals surface area contributed by atoms with Crippen molar-refractivity contribution in [1.82, 2.24) is 4.98 Å². The quantitative estimate of drug-likeness (QED) is 0.651. The van der Waals surface area contributed by atoms with E-state index in [1.165, 1.54) is 11.3 Å². The smallest absolute Gasteiger partial charge is 0.131 e. The molecule has 0 bridgehead atoms. The molecule has 5 heteroatoms. The van der Waals surface area contributed by atoms with Crippen LogP contribution in [0.2, 0.25) is 0 Å². The Bertz CT molecular complexity index is 264. The van der Waals surface area contributed by atoms with E-state index in [-0.39, 0.29) is 0 Å². The first-order chi connectivity index (χ1) is 6.15. The standard InChI is InChI=1S/C8H14N2O2S/c1-5-4-10-8(13-5)7(12)6(11)2-3-9/h4,6-7,11-12H,2-3,9H2,1H3. The summed E-state index contributed by atoms with van der Waals surface area (Å²) in [5.41, 5.74) is 5.26. The van der Waals surface area contributed by atoms with E-state index < -0.39 is 12.2 Å². The van der Waals surface area contributed by atoms with E-state index in [2.05, 4.69) is 4.98 Å². The molecule has 0 radical (unpaired) electrons. The van der Waals surface area contributed by atoms with Crippen LogP contribution in [0.5, 0.6) is 0 Å². The van der Waals surface area contributed by atoms with Crippen LogP contribution in [0.25, 0.3) is 0 Å². The van der Waals surface area contributed by atoms with Crippen LogP contribution in [0, 0.1) is 6.92 Å². The summed E-state index contributed by atoms with van der Waals surface area (Å²) in [5.74, 6) is 0. The zero-order valence-electron chi connectivity index (χ0n) is 7.47. The number of nitrogens with zero attached hydrogens (tertiary/aromatic N) is 1. The Labute approximate surface area is 81.0 Å². The van der Waals surface area contributed by atoms with Crippen LogP contribution < -0.4 is 5.73 Å². The molecule has 0 amide bonds. The van der Waals surface area contributed by atoms with Gasteiger partial charge in [0, 0.05) is 11.1 Å². The molecule has 74 valence electrons. The molecule has 0 fully saturated rings. The Balaban J connectivity index is 2.61. The minimum Gasteiger partial charge on any atom is -0.390 e. The summed E-state index contributed by atoms with van der Waals surface area (Å²) in [6, 6.07) is 0. The first kappa shape index (κ1) is 10.6. The average molecular weight is 202 g/mol. The second kappa shape index (κ2) is 4.66. The zero-order chi connectivity index (χ0) is 9.84.